The smallest absolute Gasteiger partial charge is 0.336 e. The molecule has 3 fully saturated rings. The Morgan fingerprint density at radius 3 is 2.67 bits per heavy atom. The first kappa shape index (κ1) is 12.8. The van der Waals surface area contributed by atoms with E-state index >= 15 is 0 Å². The van der Waals surface area contributed by atoms with Crippen molar-refractivity contribution in [1.82, 2.24) is 9.88 Å². The third kappa shape index (κ3) is 2.10. The number of aromatic nitrogens is 1. The van der Waals surface area contributed by atoms with E-state index in [1.165, 1.54) is 25.9 Å². The van der Waals surface area contributed by atoms with E-state index in [9.17, 15) is 9.90 Å². The molecule has 4 heteroatoms. The molecule has 5 rings (SSSR count). The highest BCUT2D eigenvalue weighted by molar-refractivity contribution is 6.02. The summed E-state index contributed by atoms with van der Waals surface area (Å²) < 4.78 is 0. The second kappa shape index (κ2) is 4.81. The summed E-state index contributed by atoms with van der Waals surface area (Å²) in [6.45, 7) is 3.39. The van der Waals surface area contributed by atoms with Crippen LogP contribution in [0.1, 0.15) is 34.8 Å². The van der Waals surface area contributed by atoms with Crippen molar-refractivity contribution >= 4 is 16.9 Å². The van der Waals surface area contributed by atoms with Crippen molar-refractivity contribution in [3.8, 4) is 0 Å². The minimum Gasteiger partial charge on any atom is -0.478 e. The van der Waals surface area contributed by atoms with E-state index in [1.807, 2.05) is 24.3 Å². The highest BCUT2D eigenvalue weighted by Crippen LogP contribution is 2.39. The second-order valence-corrected chi connectivity index (χ2v) is 6.16. The Morgan fingerprint density at radius 1 is 1.24 bits per heavy atom. The largest absolute Gasteiger partial charge is 0.478 e. The molecule has 0 radical (unpaired) electrons. The number of rotatable bonds is 2. The molecule has 3 saturated heterocycles. The van der Waals surface area contributed by atoms with Crippen molar-refractivity contribution < 1.29 is 9.90 Å². The molecule has 0 spiro atoms. The standard InChI is InChI=1S/C17H18N2O2/c20-17(21)13-9-16(18-15-4-2-1-3-12(13)15)14-10-19-7-5-11(14)6-8-19/h1-4,9,11,14H,5-8,10H2,(H,20,21). The maximum Gasteiger partial charge on any atom is 0.336 e. The van der Waals surface area contributed by atoms with Crippen molar-refractivity contribution in [2.75, 3.05) is 19.6 Å². The molecule has 2 aromatic rings. The van der Waals surface area contributed by atoms with Crippen LogP contribution >= 0.6 is 0 Å². The summed E-state index contributed by atoms with van der Waals surface area (Å²) in [6.07, 6.45) is 2.42. The van der Waals surface area contributed by atoms with Gasteiger partial charge in [0.05, 0.1) is 11.1 Å². The Labute approximate surface area is 123 Å². The Balaban J connectivity index is 1.84. The van der Waals surface area contributed by atoms with E-state index in [0.29, 0.717) is 17.4 Å². The topological polar surface area (TPSA) is 53.4 Å². The van der Waals surface area contributed by atoms with Crippen LogP contribution < -0.4 is 0 Å². The molecule has 4 heterocycles. The van der Waals surface area contributed by atoms with Gasteiger partial charge in [-0.1, -0.05) is 18.2 Å². The first-order valence-corrected chi connectivity index (χ1v) is 7.58. The molecule has 1 N–H and O–H groups in total. The van der Waals surface area contributed by atoms with Gasteiger partial charge in [0, 0.05) is 23.5 Å². The Hall–Kier alpha value is -1.94. The predicted octanol–water partition coefficient (Wildman–Crippen LogP) is 2.74. The number of carbonyl (C=O) groups is 1. The first-order chi connectivity index (χ1) is 10.2. The zero-order valence-corrected chi connectivity index (χ0v) is 11.8. The fourth-order valence-corrected chi connectivity index (χ4v) is 3.86. The van der Waals surface area contributed by atoms with Gasteiger partial charge >= 0.3 is 5.97 Å². The lowest BCUT2D eigenvalue weighted by Gasteiger charge is -2.44. The molecule has 4 nitrogen and oxygen atoms in total. The number of carboxylic acid groups (broad SMARTS) is 1. The summed E-state index contributed by atoms with van der Waals surface area (Å²) in [7, 11) is 0. The molecule has 0 aliphatic carbocycles. The number of aromatic carboxylic acids is 1. The number of hydrogen-bond donors (Lipinski definition) is 1. The van der Waals surface area contributed by atoms with E-state index in [0.717, 1.165) is 23.1 Å². The summed E-state index contributed by atoms with van der Waals surface area (Å²) in [5.74, 6) is 0.177. The number of piperidine rings is 3. The first-order valence-electron chi connectivity index (χ1n) is 7.58. The number of para-hydroxylation sites is 1. The van der Waals surface area contributed by atoms with Gasteiger partial charge in [0.2, 0.25) is 0 Å². The summed E-state index contributed by atoms with van der Waals surface area (Å²) >= 11 is 0. The molecular formula is C17H18N2O2. The highest BCUT2D eigenvalue weighted by atomic mass is 16.4. The van der Waals surface area contributed by atoms with Crippen molar-refractivity contribution in [2.24, 2.45) is 5.92 Å². The lowest BCUT2D eigenvalue weighted by molar-refractivity contribution is 0.0697. The van der Waals surface area contributed by atoms with Gasteiger partial charge < -0.3 is 10.0 Å². The second-order valence-electron chi connectivity index (χ2n) is 6.16. The van der Waals surface area contributed by atoms with Crippen LogP contribution in [-0.4, -0.2) is 40.6 Å². The van der Waals surface area contributed by atoms with E-state index in [1.54, 1.807) is 6.07 Å². The number of carboxylic acids is 1. The van der Waals surface area contributed by atoms with E-state index in [4.69, 9.17) is 4.98 Å². The maximum atomic E-state index is 11.6. The highest BCUT2D eigenvalue weighted by Gasteiger charge is 2.36. The van der Waals surface area contributed by atoms with Crippen LogP contribution in [0.2, 0.25) is 0 Å². The number of pyridine rings is 1. The monoisotopic (exact) mass is 282 g/mol. The van der Waals surface area contributed by atoms with Gasteiger partial charge in [-0.2, -0.15) is 0 Å². The molecule has 108 valence electrons. The van der Waals surface area contributed by atoms with Crippen LogP contribution in [0.15, 0.2) is 30.3 Å². The third-order valence-corrected chi connectivity index (χ3v) is 5.00. The van der Waals surface area contributed by atoms with Crippen LogP contribution in [0.3, 0.4) is 0 Å². The van der Waals surface area contributed by atoms with Gasteiger partial charge in [0.25, 0.3) is 0 Å². The summed E-state index contributed by atoms with van der Waals surface area (Å²) in [6, 6.07) is 9.33. The number of hydrogen-bond acceptors (Lipinski definition) is 3. The zero-order chi connectivity index (χ0) is 14.4. The average Bonchev–Trinajstić information content (AvgIpc) is 2.54. The quantitative estimate of drug-likeness (QED) is 0.920. The molecule has 1 atom stereocenters. The lowest BCUT2D eigenvalue weighted by Crippen LogP contribution is -2.46. The Bertz CT molecular complexity index is 705. The summed E-state index contributed by atoms with van der Waals surface area (Å²) in [4.78, 5) is 18.8. The van der Waals surface area contributed by atoms with Crippen LogP contribution in [0.5, 0.6) is 0 Å². The third-order valence-electron chi connectivity index (χ3n) is 5.00. The SMILES string of the molecule is O=C(O)c1cc(C2CN3CCC2CC3)nc2ccccc12. The van der Waals surface area contributed by atoms with Gasteiger partial charge in [-0.3, -0.25) is 4.98 Å². The Kier molecular flexibility index (Phi) is 2.93. The normalized spacial score (nSPS) is 27.9. The molecule has 1 unspecified atom stereocenters. The van der Waals surface area contributed by atoms with Crippen LogP contribution in [0, 0.1) is 5.92 Å². The van der Waals surface area contributed by atoms with Crippen LogP contribution in [0.4, 0.5) is 0 Å². The lowest BCUT2D eigenvalue weighted by atomic mass is 9.77. The van der Waals surface area contributed by atoms with Gasteiger partial charge in [-0.15, -0.1) is 0 Å². The molecule has 2 bridgehead atoms. The van der Waals surface area contributed by atoms with Crippen molar-refractivity contribution in [3.05, 3.63) is 41.6 Å². The van der Waals surface area contributed by atoms with Crippen LogP contribution in [-0.2, 0) is 0 Å². The average molecular weight is 282 g/mol. The predicted molar refractivity (Wildman–Crippen MR) is 80.6 cm³/mol. The number of fused-ring (bicyclic) bond motifs is 4. The van der Waals surface area contributed by atoms with Crippen molar-refractivity contribution in [3.63, 3.8) is 0 Å². The number of benzene rings is 1. The fourth-order valence-electron chi connectivity index (χ4n) is 3.86. The van der Waals surface area contributed by atoms with E-state index in [-0.39, 0.29) is 0 Å². The zero-order valence-electron chi connectivity index (χ0n) is 11.8. The minimum absolute atomic E-state index is 0.382. The van der Waals surface area contributed by atoms with E-state index in [2.05, 4.69) is 4.90 Å². The van der Waals surface area contributed by atoms with E-state index < -0.39 is 5.97 Å². The van der Waals surface area contributed by atoms with Gasteiger partial charge in [-0.05, 0) is 44.0 Å². The molecular weight excluding hydrogens is 264 g/mol. The molecule has 0 saturated carbocycles. The molecule has 21 heavy (non-hydrogen) atoms. The minimum atomic E-state index is -0.865. The van der Waals surface area contributed by atoms with Gasteiger partial charge in [0.1, 0.15) is 0 Å². The molecule has 1 aromatic heterocycles. The van der Waals surface area contributed by atoms with Crippen molar-refractivity contribution in [1.29, 1.82) is 0 Å². The molecule has 1 aromatic carbocycles. The summed E-state index contributed by atoms with van der Waals surface area (Å²) in [5.41, 5.74) is 2.14. The van der Waals surface area contributed by atoms with Gasteiger partial charge in [-0.25, -0.2) is 4.79 Å². The fraction of sp³-hybridized carbons (Fsp3) is 0.412. The van der Waals surface area contributed by atoms with Gasteiger partial charge in [0.15, 0.2) is 0 Å². The summed E-state index contributed by atoms with van der Waals surface area (Å²) in [5, 5.41) is 10.2. The molecule has 3 aliphatic heterocycles. The molecule has 3 aliphatic rings. The molecule has 0 amide bonds. The van der Waals surface area contributed by atoms with Crippen molar-refractivity contribution in [2.45, 2.75) is 18.8 Å². The maximum absolute atomic E-state index is 11.6. The van der Waals surface area contributed by atoms with Crippen LogP contribution in [0.25, 0.3) is 10.9 Å². The Morgan fingerprint density at radius 2 is 2.00 bits per heavy atom. The number of nitrogens with zero attached hydrogens (tertiary/aromatic N) is 2.